The normalized spacial score (nSPS) is 12.8. The molecule has 0 saturated carbocycles. The summed E-state index contributed by atoms with van der Waals surface area (Å²) in [5.74, 6) is 0. The molecule has 1 atom stereocenters. The van der Waals surface area contributed by atoms with Gasteiger partial charge in [0, 0.05) is 11.0 Å². The maximum atomic E-state index is 9.13. The highest BCUT2D eigenvalue weighted by molar-refractivity contribution is 9.10. The monoisotopic (exact) mass is 259 g/mol. The molecule has 0 saturated heterocycles. The van der Waals surface area contributed by atoms with Crippen molar-refractivity contribution in [1.29, 1.82) is 0 Å². The topological polar surface area (TPSA) is 55.5 Å². The van der Waals surface area contributed by atoms with Crippen molar-refractivity contribution in [2.75, 3.05) is 13.2 Å². The standard InChI is InChI=1S/C10H14BrNO2/c11-9-3-1-2-8(4-9)6-14-7-10(13)5-12/h1-4,10,13H,5-7,12H2/t10-/m1/s1. The van der Waals surface area contributed by atoms with Crippen molar-refractivity contribution in [1.82, 2.24) is 0 Å². The molecule has 0 amide bonds. The minimum Gasteiger partial charge on any atom is -0.389 e. The maximum Gasteiger partial charge on any atom is 0.0895 e. The molecule has 1 rings (SSSR count). The highest BCUT2D eigenvalue weighted by Crippen LogP contribution is 2.12. The van der Waals surface area contributed by atoms with E-state index in [1.54, 1.807) is 0 Å². The van der Waals surface area contributed by atoms with Crippen LogP contribution in [0, 0.1) is 0 Å². The summed E-state index contributed by atoms with van der Waals surface area (Å²) in [4.78, 5) is 0. The molecule has 0 aliphatic carbocycles. The Morgan fingerprint density at radius 3 is 2.93 bits per heavy atom. The smallest absolute Gasteiger partial charge is 0.0895 e. The van der Waals surface area contributed by atoms with Crippen molar-refractivity contribution in [3.63, 3.8) is 0 Å². The number of halogens is 1. The number of hydrogen-bond donors (Lipinski definition) is 2. The Hall–Kier alpha value is -0.420. The van der Waals surface area contributed by atoms with Gasteiger partial charge in [0.25, 0.3) is 0 Å². The second-order valence-electron chi connectivity index (χ2n) is 3.03. The third-order valence-corrected chi connectivity index (χ3v) is 2.23. The van der Waals surface area contributed by atoms with Crippen LogP contribution in [-0.4, -0.2) is 24.4 Å². The lowest BCUT2D eigenvalue weighted by Gasteiger charge is -2.08. The van der Waals surface area contributed by atoms with Crippen molar-refractivity contribution in [2.45, 2.75) is 12.7 Å². The molecule has 0 aromatic heterocycles. The Balaban J connectivity index is 2.31. The van der Waals surface area contributed by atoms with Gasteiger partial charge in [-0.3, -0.25) is 0 Å². The van der Waals surface area contributed by atoms with E-state index in [0.29, 0.717) is 6.61 Å². The zero-order chi connectivity index (χ0) is 10.4. The number of ether oxygens (including phenoxy) is 1. The largest absolute Gasteiger partial charge is 0.389 e. The van der Waals surface area contributed by atoms with Crippen molar-refractivity contribution in [3.8, 4) is 0 Å². The molecule has 3 N–H and O–H groups in total. The Morgan fingerprint density at radius 2 is 2.29 bits per heavy atom. The lowest BCUT2D eigenvalue weighted by atomic mass is 10.2. The molecule has 0 fully saturated rings. The summed E-state index contributed by atoms with van der Waals surface area (Å²) in [6, 6.07) is 7.86. The van der Waals surface area contributed by atoms with Crippen molar-refractivity contribution in [3.05, 3.63) is 34.3 Å². The van der Waals surface area contributed by atoms with Gasteiger partial charge in [-0.1, -0.05) is 28.1 Å². The highest BCUT2D eigenvalue weighted by Gasteiger charge is 2.00. The number of aliphatic hydroxyl groups excluding tert-OH is 1. The lowest BCUT2D eigenvalue weighted by Crippen LogP contribution is -2.24. The molecule has 0 unspecified atom stereocenters. The molecular weight excluding hydrogens is 246 g/mol. The zero-order valence-electron chi connectivity index (χ0n) is 7.82. The Morgan fingerprint density at radius 1 is 1.50 bits per heavy atom. The molecule has 0 spiro atoms. The van der Waals surface area contributed by atoms with Crippen LogP contribution in [0.15, 0.2) is 28.7 Å². The van der Waals surface area contributed by atoms with Crippen molar-refractivity contribution in [2.24, 2.45) is 5.73 Å². The van der Waals surface area contributed by atoms with Crippen LogP contribution in [0.25, 0.3) is 0 Å². The number of aliphatic hydroxyl groups is 1. The third-order valence-electron chi connectivity index (χ3n) is 1.74. The van der Waals surface area contributed by atoms with E-state index in [9.17, 15) is 0 Å². The first-order chi connectivity index (χ1) is 6.72. The zero-order valence-corrected chi connectivity index (χ0v) is 9.40. The summed E-state index contributed by atoms with van der Waals surface area (Å²) in [5.41, 5.74) is 6.31. The summed E-state index contributed by atoms with van der Waals surface area (Å²) < 4.78 is 6.30. The average molecular weight is 260 g/mol. The summed E-state index contributed by atoms with van der Waals surface area (Å²) in [6.07, 6.45) is -0.567. The van der Waals surface area contributed by atoms with Gasteiger partial charge in [-0.25, -0.2) is 0 Å². The molecule has 78 valence electrons. The molecule has 1 aromatic carbocycles. The van der Waals surface area contributed by atoms with Gasteiger partial charge >= 0.3 is 0 Å². The SMILES string of the molecule is NC[C@@H](O)COCc1cccc(Br)c1. The molecule has 0 radical (unpaired) electrons. The molecule has 0 bridgehead atoms. The predicted molar refractivity (Wildman–Crippen MR) is 58.9 cm³/mol. The van der Waals surface area contributed by atoms with Gasteiger partial charge in [-0.05, 0) is 17.7 Å². The lowest BCUT2D eigenvalue weighted by molar-refractivity contribution is 0.0329. The number of hydrogen-bond acceptors (Lipinski definition) is 3. The van der Waals surface area contributed by atoms with Gasteiger partial charge in [0.15, 0.2) is 0 Å². The molecular formula is C10H14BrNO2. The quantitative estimate of drug-likeness (QED) is 0.838. The van der Waals surface area contributed by atoms with Crippen LogP contribution in [0.1, 0.15) is 5.56 Å². The van der Waals surface area contributed by atoms with Gasteiger partial charge in [-0.2, -0.15) is 0 Å². The molecule has 3 nitrogen and oxygen atoms in total. The Kier molecular flexibility index (Phi) is 5.11. The van der Waals surface area contributed by atoms with E-state index in [2.05, 4.69) is 15.9 Å². The van der Waals surface area contributed by atoms with Crippen LogP contribution in [0.5, 0.6) is 0 Å². The predicted octanol–water partition coefficient (Wildman–Crippen LogP) is 1.29. The first kappa shape index (κ1) is 11.7. The molecule has 0 heterocycles. The van der Waals surface area contributed by atoms with Crippen molar-refractivity contribution < 1.29 is 9.84 Å². The number of rotatable bonds is 5. The van der Waals surface area contributed by atoms with E-state index in [-0.39, 0.29) is 13.2 Å². The third kappa shape index (κ3) is 4.19. The fourth-order valence-electron chi connectivity index (χ4n) is 1.01. The molecule has 1 aromatic rings. The van der Waals surface area contributed by atoms with Crippen LogP contribution >= 0.6 is 15.9 Å². The summed E-state index contributed by atoms with van der Waals surface area (Å²) in [7, 11) is 0. The molecule has 4 heteroatoms. The first-order valence-electron chi connectivity index (χ1n) is 4.42. The minimum atomic E-state index is -0.567. The molecule has 14 heavy (non-hydrogen) atoms. The van der Waals surface area contributed by atoms with E-state index >= 15 is 0 Å². The van der Waals surface area contributed by atoms with Gasteiger partial charge < -0.3 is 15.6 Å². The second kappa shape index (κ2) is 6.14. The van der Waals surface area contributed by atoms with Crippen LogP contribution in [0.2, 0.25) is 0 Å². The molecule has 0 aliphatic rings. The van der Waals surface area contributed by atoms with E-state index in [1.807, 2.05) is 24.3 Å². The highest BCUT2D eigenvalue weighted by atomic mass is 79.9. The Bertz CT molecular complexity index is 281. The van der Waals surface area contributed by atoms with E-state index in [4.69, 9.17) is 15.6 Å². The van der Waals surface area contributed by atoms with Gasteiger partial charge in [-0.15, -0.1) is 0 Å². The van der Waals surface area contributed by atoms with Crippen LogP contribution < -0.4 is 5.73 Å². The second-order valence-corrected chi connectivity index (χ2v) is 3.95. The minimum absolute atomic E-state index is 0.235. The fraction of sp³-hybridized carbons (Fsp3) is 0.400. The average Bonchev–Trinajstić information content (AvgIpc) is 2.17. The Labute approximate surface area is 92.0 Å². The number of nitrogens with two attached hydrogens (primary N) is 1. The van der Waals surface area contributed by atoms with E-state index in [0.717, 1.165) is 10.0 Å². The van der Waals surface area contributed by atoms with Crippen molar-refractivity contribution >= 4 is 15.9 Å². The van der Waals surface area contributed by atoms with Crippen LogP contribution in [0.4, 0.5) is 0 Å². The van der Waals surface area contributed by atoms with Crippen LogP contribution in [0.3, 0.4) is 0 Å². The summed E-state index contributed by atoms with van der Waals surface area (Å²) >= 11 is 3.37. The number of benzene rings is 1. The summed E-state index contributed by atoms with van der Waals surface area (Å²) in [6.45, 7) is 1.01. The fourth-order valence-corrected chi connectivity index (χ4v) is 1.45. The van der Waals surface area contributed by atoms with Gasteiger partial charge in [0.1, 0.15) is 0 Å². The van der Waals surface area contributed by atoms with Crippen LogP contribution in [-0.2, 0) is 11.3 Å². The van der Waals surface area contributed by atoms with Gasteiger partial charge in [0.2, 0.25) is 0 Å². The maximum absolute atomic E-state index is 9.13. The first-order valence-corrected chi connectivity index (χ1v) is 5.22. The van der Waals surface area contributed by atoms with E-state index < -0.39 is 6.10 Å². The van der Waals surface area contributed by atoms with Gasteiger partial charge in [0.05, 0.1) is 19.3 Å². The molecule has 0 aliphatic heterocycles. The van der Waals surface area contributed by atoms with E-state index in [1.165, 1.54) is 0 Å². The summed E-state index contributed by atoms with van der Waals surface area (Å²) in [5, 5.41) is 9.13.